The first kappa shape index (κ1) is 22.4. The van der Waals surface area contributed by atoms with Crippen LogP contribution in [0.1, 0.15) is 42.6 Å². The fourth-order valence-corrected chi connectivity index (χ4v) is 4.42. The maximum atomic E-state index is 13.9. The van der Waals surface area contributed by atoms with E-state index in [1.54, 1.807) is 19.2 Å². The molecule has 2 heterocycles. The molecule has 9 nitrogen and oxygen atoms in total. The number of carbonyl (C=O) groups excluding carboxylic acids is 4. The van der Waals surface area contributed by atoms with Gasteiger partial charge in [0.25, 0.3) is 11.8 Å². The molecule has 33 heavy (non-hydrogen) atoms. The Labute approximate surface area is 190 Å². The highest BCUT2D eigenvalue weighted by atomic mass is 19.1. The molecule has 2 fully saturated rings. The summed E-state index contributed by atoms with van der Waals surface area (Å²) in [5, 5.41) is 5.09. The summed E-state index contributed by atoms with van der Waals surface area (Å²) in [5.41, 5.74) is -0.589. The first-order valence-electron chi connectivity index (χ1n) is 10.7. The van der Waals surface area contributed by atoms with Crippen molar-refractivity contribution in [3.8, 4) is 0 Å². The van der Waals surface area contributed by atoms with Crippen molar-refractivity contribution in [2.45, 2.75) is 37.6 Å². The monoisotopic (exact) mass is 453 g/mol. The first-order chi connectivity index (χ1) is 15.8. The molecule has 1 aliphatic carbocycles. The molecule has 0 radical (unpaired) electrons. The van der Waals surface area contributed by atoms with Crippen LogP contribution in [-0.2, 0) is 9.59 Å². The van der Waals surface area contributed by atoms with E-state index in [4.69, 9.17) is 0 Å². The average Bonchev–Trinajstić information content (AvgIpc) is 2.98. The molecule has 1 spiro atoms. The van der Waals surface area contributed by atoms with Crippen LogP contribution in [0.3, 0.4) is 0 Å². The second-order valence-electron chi connectivity index (χ2n) is 8.23. The molecule has 5 amide bonds. The minimum absolute atomic E-state index is 0.00381. The SMILES string of the molecule is CN1C(=O)N(CC(=O)Nc2cc(F)ccc2NC(=O)c2ccccn2)C(=O)C12CCCCC2. The van der Waals surface area contributed by atoms with Gasteiger partial charge in [-0.1, -0.05) is 25.3 Å². The topological polar surface area (TPSA) is 112 Å². The molecule has 2 aromatic rings. The van der Waals surface area contributed by atoms with Crippen molar-refractivity contribution in [2.24, 2.45) is 0 Å². The van der Waals surface area contributed by atoms with Gasteiger partial charge in [0.2, 0.25) is 5.91 Å². The van der Waals surface area contributed by atoms with Crippen LogP contribution in [0.15, 0.2) is 42.6 Å². The zero-order valence-corrected chi connectivity index (χ0v) is 18.1. The first-order valence-corrected chi connectivity index (χ1v) is 10.7. The van der Waals surface area contributed by atoms with E-state index in [1.165, 1.54) is 23.2 Å². The molecule has 10 heteroatoms. The number of anilines is 2. The zero-order valence-electron chi connectivity index (χ0n) is 18.1. The summed E-state index contributed by atoms with van der Waals surface area (Å²) < 4.78 is 13.9. The number of likely N-dealkylation sites (N-methyl/N-ethyl adjacent to an activating group) is 1. The van der Waals surface area contributed by atoms with Crippen LogP contribution >= 0.6 is 0 Å². The number of rotatable bonds is 5. The second kappa shape index (κ2) is 8.97. The van der Waals surface area contributed by atoms with Crippen molar-refractivity contribution in [1.29, 1.82) is 0 Å². The minimum atomic E-state index is -0.893. The Morgan fingerprint density at radius 3 is 2.52 bits per heavy atom. The third kappa shape index (κ3) is 4.28. The van der Waals surface area contributed by atoms with Gasteiger partial charge in [0, 0.05) is 13.2 Å². The molecule has 172 valence electrons. The van der Waals surface area contributed by atoms with Gasteiger partial charge in [0.05, 0.1) is 11.4 Å². The number of hydrogen-bond donors (Lipinski definition) is 2. The average molecular weight is 453 g/mol. The van der Waals surface area contributed by atoms with Gasteiger partial charge < -0.3 is 15.5 Å². The Morgan fingerprint density at radius 1 is 1.06 bits per heavy atom. The van der Waals surface area contributed by atoms with Gasteiger partial charge >= 0.3 is 6.03 Å². The molecular formula is C23H24FN5O4. The van der Waals surface area contributed by atoms with Crippen LogP contribution in [0.25, 0.3) is 0 Å². The Balaban J connectivity index is 1.48. The lowest BCUT2D eigenvalue weighted by Crippen LogP contribution is -2.49. The summed E-state index contributed by atoms with van der Waals surface area (Å²) in [4.78, 5) is 57.3. The molecule has 0 unspecified atom stereocenters. The van der Waals surface area contributed by atoms with E-state index in [0.29, 0.717) is 12.8 Å². The fraction of sp³-hybridized carbons (Fsp3) is 0.348. The van der Waals surface area contributed by atoms with Crippen LogP contribution in [0.5, 0.6) is 0 Å². The predicted octanol–water partition coefficient (Wildman–Crippen LogP) is 3.01. The van der Waals surface area contributed by atoms with E-state index in [-0.39, 0.29) is 23.0 Å². The van der Waals surface area contributed by atoms with Crippen molar-refractivity contribution < 1.29 is 23.6 Å². The lowest BCUT2D eigenvalue weighted by atomic mass is 9.81. The standard InChI is InChI=1S/C23H24FN5O4/c1-28-22(33)29(21(32)23(28)10-4-2-5-11-23)14-19(30)26-18-13-15(24)8-9-16(18)27-20(31)17-7-3-6-12-25-17/h3,6-9,12-13H,2,4-5,10-11,14H2,1H3,(H,26,30)(H,27,31). The fourth-order valence-electron chi connectivity index (χ4n) is 4.42. The predicted molar refractivity (Wildman–Crippen MR) is 118 cm³/mol. The normalized spacial score (nSPS) is 17.4. The third-order valence-electron chi connectivity index (χ3n) is 6.19. The number of amides is 5. The Bertz CT molecular complexity index is 1100. The van der Waals surface area contributed by atoms with Crippen molar-refractivity contribution in [1.82, 2.24) is 14.8 Å². The van der Waals surface area contributed by atoms with Gasteiger partial charge in [0.1, 0.15) is 23.6 Å². The number of urea groups is 1. The van der Waals surface area contributed by atoms with Crippen molar-refractivity contribution >= 4 is 35.1 Å². The number of carbonyl (C=O) groups is 4. The summed E-state index contributed by atoms with van der Waals surface area (Å²) >= 11 is 0. The van der Waals surface area contributed by atoms with Gasteiger partial charge in [-0.3, -0.25) is 24.3 Å². The number of nitrogens with zero attached hydrogens (tertiary/aromatic N) is 3. The van der Waals surface area contributed by atoms with Gasteiger partial charge in [0.15, 0.2) is 0 Å². The van der Waals surface area contributed by atoms with Crippen LogP contribution in [0.4, 0.5) is 20.6 Å². The molecule has 2 aliphatic rings. The van der Waals surface area contributed by atoms with Crippen molar-refractivity contribution in [3.63, 3.8) is 0 Å². The maximum Gasteiger partial charge on any atom is 0.327 e. The van der Waals surface area contributed by atoms with Gasteiger partial charge in [-0.2, -0.15) is 0 Å². The third-order valence-corrected chi connectivity index (χ3v) is 6.19. The van der Waals surface area contributed by atoms with Gasteiger partial charge in [-0.25, -0.2) is 9.18 Å². The quantitative estimate of drug-likeness (QED) is 0.676. The summed E-state index contributed by atoms with van der Waals surface area (Å²) in [6, 6.07) is 7.79. The van der Waals surface area contributed by atoms with E-state index < -0.39 is 35.7 Å². The molecule has 0 bridgehead atoms. The number of aromatic nitrogens is 1. The van der Waals surface area contributed by atoms with Crippen LogP contribution < -0.4 is 10.6 Å². The van der Waals surface area contributed by atoms with Crippen molar-refractivity contribution in [2.75, 3.05) is 24.2 Å². The molecule has 1 saturated carbocycles. The van der Waals surface area contributed by atoms with Crippen molar-refractivity contribution in [3.05, 3.63) is 54.1 Å². The van der Waals surface area contributed by atoms with Crippen LogP contribution in [0.2, 0.25) is 0 Å². The van der Waals surface area contributed by atoms with Gasteiger partial charge in [-0.15, -0.1) is 0 Å². The van der Waals surface area contributed by atoms with E-state index in [1.807, 2.05) is 0 Å². The van der Waals surface area contributed by atoms with Crippen LogP contribution in [-0.4, -0.2) is 57.7 Å². The van der Waals surface area contributed by atoms with Crippen LogP contribution in [0, 0.1) is 5.82 Å². The molecule has 1 aliphatic heterocycles. The number of benzene rings is 1. The molecule has 1 aromatic carbocycles. The highest BCUT2D eigenvalue weighted by molar-refractivity contribution is 6.11. The Kier molecular flexibility index (Phi) is 6.08. The smallest absolute Gasteiger partial charge is 0.323 e. The molecule has 2 N–H and O–H groups in total. The summed E-state index contributed by atoms with van der Waals surface area (Å²) in [7, 11) is 1.58. The minimum Gasteiger partial charge on any atom is -0.323 e. The lowest BCUT2D eigenvalue weighted by Gasteiger charge is -2.35. The Hall–Kier alpha value is -3.82. The number of pyridine rings is 1. The van der Waals surface area contributed by atoms with E-state index in [0.717, 1.165) is 36.3 Å². The highest BCUT2D eigenvalue weighted by Crippen LogP contribution is 2.39. The van der Waals surface area contributed by atoms with E-state index in [2.05, 4.69) is 15.6 Å². The highest BCUT2D eigenvalue weighted by Gasteiger charge is 2.55. The number of nitrogens with one attached hydrogen (secondary N) is 2. The summed E-state index contributed by atoms with van der Waals surface area (Å²) in [6.07, 6.45) is 5.28. The lowest BCUT2D eigenvalue weighted by molar-refractivity contribution is -0.136. The molecule has 1 aromatic heterocycles. The zero-order chi connectivity index (χ0) is 23.6. The van der Waals surface area contributed by atoms with E-state index in [9.17, 15) is 23.6 Å². The molecular weight excluding hydrogens is 429 g/mol. The number of halogens is 1. The number of hydrogen-bond acceptors (Lipinski definition) is 5. The maximum absolute atomic E-state index is 13.9. The molecule has 1 saturated heterocycles. The largest absolute Gasteiger partial charge is 0.327 e. The summed E-state index contributed by atoms with van der Waals surface area (Å²) in [5.74, 6) is -2.23. The number of imide groups is 1. The molecule has 4 rings (SSSR count). The second-order valence-corrected chi connectivity index (χ2v) is 8.23. The van der Waals surface area contributed by atoms with E-state index >= 15 is 0 Å². The molecule has 0 atom stereocenters. The summed E-state index contributed by atoms with van der Waals surface area (Å²) in [6.45, 7) is -0.506. The van der Waals surface area contributed by atoms with Gasteiger partial charge in [-0.05, 0) is 43.2 Å². The Morgan fingerprint density at radius 2 is 1.82 bits per heavy atom.